The van der Waals surface area contributed by atoms with E-state index in [-0.39, 0.29) is 24.6 Å². The lowest BCUT2D eigenvalue weighted by atomic mass is 10.0. The zero-order valence-corrected chi connectivity index (χ0v) is 10.1. The van der Waals surface area contributed by atoms with E-state index in [0.29, 0.717) is 5.75 Å². The van der Waals surface area contributed by atoms with Gasteiger partial charge in [0.2, 0.25) is 5.91 Å². The lowest BCUT2D eigenvalue weighted by Gasteiger charge is -2.25. The SMILES string of the molecule is COc1ccc(C(F)(F)F)cc1[C@H]1CNC(=O)CO1. The van der Waals surface area contributed by atoms with E-state index >= 15 is 0 Å². The van der Waals surface area contributed by atoms with Crippen LogP contribution in [-0.4, -0.2) is 26.2 Å². The normalized spacial score (nSPS) is 20.0. The van der Waals surface area contributed by atoms with Gasteiger partial charge in [0.05, 0.1) is 12.7 Å². The Morgan fingerprint density at radius 3 is 2.68 bits per heavy atom. The van der Waals surface area contributed by atoms with E-state index in [4.69, 9.17) is 9.47 Å². The second kappa shape index (κ2) is 5.08. The number of halogens is 3. The van der Waals surface area contributed by atoms with Crippen LogP contribution in [0.4, 0.5) is 13.2 Å². The molecule has 1 atom stereocenters. The number of methoxy groups -OCH3 is 1. The summed E-state index contributed by atoms with van der Waals surface area (Å²) in [6.45, 7) is -0.0550. The first-order valence-corrected chi connectivity index (χ1v) is 5.55. The summed E-state index contributed by atoms with van der Waals surface area (Å²) in [5.74, 6) is 0.0105. The van der Waals surface area contributed by atoms with Crippen molar-refractivity contribution in [3.8, 4) is 5.75 Å². The number of hydrogen-bond donors (Lipinski definition) is 1. The third kappa shape index (κ3) is 2.98. The van der Waals surface area contributed by atoms with Crippen molar-refractivity contribution < 1.29 is 27.4 Å². The topological polar surface area (TPSA) is 47.6 Å². The predicted octanol–water partition coefficient (Wildman–Crippen LogP) is 1.90. The smallest absolute Gasteiger partial charge is 0.416 e. The van der Waals surface area contributed by atoms with Crippen LogP contribution in [0.3, 0.4) is 0 Å². The molecular formula is C12H12F3NO3. The van der Waals surface area contributed by atoms with Gasteiger partial charge in [-0.2, -0.15) is 13.2 Å². The van der Waals surface area contributed by atoms with Crippen LogP contribution in [0.15, 0.2) is 18.2 Å². The molecule has 1 aromatic rings. The van der Waals surface area contributed by atoms with Crippen LogP contribution in [0.1, 0.15) is 17.2 Å². The number of ether oxygens (including phenoxy) is 2. The molecule has 1 heterocycles. The van der Waals surface area contributed by atoms with E-state index in [2.05, 4.69) is 5.32 Å². The summed E-state index contributed by atoms with van der Waals surface area (Å²) in [6.07, 6.45) is -5.08. The second-order valence-corrected chi connectivity index (χ2v) is 4.06. The minimum atomic E-state index is -4.43. The monoisotopic (exact) mass is 275 g/mol. The van der Waals surface area contributed by atoms with Crippen LogP contribution in [0.2, 0.25) is 0 Å². The zero-order chi connectivity index (χ0) is 14.0. The quantitative estimate of drug-likeness (QED) is 0.896. The van der Waals surface area contributed by atoms with Gasteiger partial charge in [-0.25, -0.2) is 0 Å². The van der Waals surface area contributed by atoms with Gasteiger partial charge in [0.25, 0.3) is 0 Å². The molecular weight excluding hydrogens is 263 g/mol. The molecule has 1 aliphatic rings. The Labute approximate surface area is 107 Å². The van der Waals surface area contributed by atoms with Crippen LogP contribution >= 0.6 is 0 Å². The summed E-state index contributed by atoms with van der Waals surface area (Å²) in [5.41, 5.74) is -0.499. The second-order valence-electron chi connectivity index (χ2n) is 4.06. The number of benzene rings is 1. The summed E-state index contributed by atoms with van der Waals surface area (Å²) >= 11 is 0. The zero-order valence-electron chi connectivity index (χ0n) is 10.1. The molecule has 1 N–H and O–H groups in total. The number of morpholine rings is 1. The van der Waals surface area contributed by atoms with E-state index < -0.39 is 17.8 Å². The molecule has 104 valence electrons. The summed E-state index contributed by atoms with van der Waals surface area (Å²) < 4.78 is 48.3. The molecule has 1 aliphatic heterocycles. The van der Waals surface area contributed by atoms with E-state index in [1.807, 2.05) is 0 Å². The molecule has 7 heteroatoms. The Morgan fingerprint density at radius 1 is 1.42 bits per heavy atom. The fourth-order valence-corrected chi connectivity index (χ4v) is 1.85. The van der Waals surface area contributed by atoms with Crippen LogP contribution in [-0.2, 0) is 15.7 Å². The maximum atomic E-state index is 12.7. The number of rotatable bonds is 2. The largest absolute Gasteiger partial charge is 0.496 e. The molecule has 0 aromatic heterocycles. The van der Waals surface area contributed by atoms with Crippen molar-refractivity contribution in [1.82, 2.24) is 5.32 Å². The summed E-state index contributed by atoms with van der Waals surface area (Å²) in [6, 6.07) is 3.18. The molecule has 1 saturated heterocycles. The van der Waals surface area contributed by atoms with Gasteiger partial charge in [-0.1, -0.05) is 0 Å². The van der Waals surface area contributed by atoms with Crippen molar-refractivity contribution in [2.75, 3.05) is 20.3 Å². The predicted molar refractivity (Wildman–Crippen MR) is 59.7 cm³/mol. The van der Waals surface area contributed by atoms with Crippen LogP contribution in [0.5, 0.6) is 5.75 Å². The molecule has 0 aliphatic carbocycles. The highest BCUT2D eigenvalue weighted by Gasteiger charge is 2.33. The van der Waals surface area contributed by atoms with Gasteiger partial charge in [0.1, 0.15) is 18.5 Å². The Hall–Kier alpha value is -1.76. The fourth-order valence-electron chi connectivity index (χ4n) is 1.85. The molecule has 0 saturated carbocycles. The Bertz CT molecular complexity index is 478. The molecule has 0 unspecified atom stereocenters. The lowest BCUT2D eigenvalue weighted by molar-refractivity contribution is -0.138. The number of carbonyl (C=O) groups is 1. The van der Waals surface area contributed by atoms with Crippen molar-refractivity contribution in [1.29, 1.82) is 0 Å². The molecule has 2 rings (SSSR count). The Kier molecular flexibility index (Phi) is 3.66. The van der Waals surface area contributed by atoms with Gasteiger partial charge >= 0.3 is 6.18 Å². The third-order valence-corrected chi connectivity index (χ3v) is 2.80. The first-order valence-electron chi connectivity index (χ1n) is 5.55. The molecule has 19 heavy (non-hydrogen) atoms. The van der Waals surface area contributed by atoms with Gasteiger partial charge in [-0.3, -0.25) is 4.79 Å². The average Bonchev–Trinajstić information content (AvgIpc) is 2.38. The maximum absolute atomic E-state index is 12.7. The highest BCUT2D eigenvalue weighted by molar-refractivity contribution is 5.77. The molecule has 4 nitrogen and oxygen atoms in total. The van der Waals surface area contributed by atoms with Crippen LogP contribution in [0, 0.1) is 0 Å². The lowest BCUT2D eigenvalue weighted by Crippen LogP contribution is -2.38. The van der Waals surface area contributed by atoms with E-state index in [0.717, 1.165) is 12.1 Å². The standard InChI is InChI=1S/C12H12F3NO3/c1-18-9-3-2-7(12(13,14)15)4-8(9)10-5-16-11(17)6-19-10/h2-4,10H,5-6H2,1H3,(H,16,17)/t10-/m1/s1. The Morgan fingerprint density at radius 2 is 2.16 bits per heavy atom. The van der Waals surface area contributed by atoms with Crippen molar-refractivity contribution in [2.45, 2.75) is 12.3 Å². The van der Waals surface area contributed by atoms with Gasteiger partial charge in [-0.15, -0.1) is 0 Å². The van der Waals surface area contributed by atoms with Gasteiger partial charge in [0, 0.05) is 12.1 Å². The Balaban J connectivity index is 2.33. The minimum Gasteiger partial charge on any atom is -0.496 e. The van der Waals surface area contributed by atoms with Crippen LogP contribution in [0.25, 0.3) is 0 Å². The molecule has 1 fully saturated rings. The van der Waals surface area contributed by atoms with Crippen molar-refractivity contribution in [3.05, 3.63) is 29.3 Å². The number of nitrogens with one attached hydrogen (secondary N) is 1. The van der Waals surface area contributed by atoms with E-state index in [1.165, 1.54) is 13.2 Å². The van der Waals surface area contributed by atoms with Crippen molar-refractivity contribution >= 4 is 5.91 Å². The first-order chi connectivity index (χ1) is 8.91. The maximum Gasteiger partial charge on any atom is 0.416 e. The van der Waals surface area contributed by atoms with E-state index in [9.17, 15) is 18.0 Å². The van der Waals surface area contributed by atoms with E-state index in [1.54, 1.807) is 0 Å². The van der Waals surface area contributed by atoms with Crippen LogP contribution < -0.4 is 10.1 Å². The minimum absolute atomic E-state index is 0.122. The third-order valence-electron chi connectivity index (χ3n) is 2.80. The first kappa shape index (κ1) is 13.7. The molecule has 0 spiro atoms. The molecule has 0 radical (unpaired) electrons. The molecule has 1 aromatic carbocycles. The summed E-state index contributed by atoms with van der Waals surface area (Å²) in [5, 5.41) is 2.54. The highest BCUT2D eigenvalue weighted by atomic mass is 19.4. The average molecular weight is 275 g/mol. The van der Waals surface area contributed by atoms with Crippen molar-refractivity contribution in [2.24, 2.45) is 0 Å². The number of hydrogen-bond acceptors (Lipinski definition) is 3. The summed E-state index contributed by atoms with van der Waals surface area (Å²) in [7, 11) is 1.37. The highest BCUT2D eigenvalue weighted by Crippen LogP contribution is 2.36. The van der Waals surface area contributed by atoms with Gasteiger partial charge < -0.3 is 14.8 Å². The summed E-state index contributed by atoms with van der Waals surface area (Å²) in [4.78, 5) is 11.0. The number of carbonyl (C=O) groups excluding carboxylic acids is 1. The van der Waals surface area contributed by atoms with Gasteiger partial charge in [0.15, 0.2) is 0 Å². The fraction of sp³-hybridized carbons (Fsp3) is 0.417. The molecule has 1 amide bonds. The molecule has 0 bridgehead atoms. The number of alkyl halides is 3. The number of amides is 1. The van der Waals surface area contributed by atoms with Crippen molar-refractivity contribution in [3.63, 3.8) is 0 Å². The van der Waals surface area contributed by atoms with Gasteiger partial charge in [-0.05, 0) is 18.2 Å².